The third-order valence-electron chi connectivity index (χ3n) is 3.50. The molecule has 2 aliphatic heterocycles. The standard InChI is InChI=1S/C12H14O3/c1-12(13)10-8-6-4-3-5-7(8)9(15-10)11(12)14-2/h3-6,9-11,13H,1-2H3/t9-,10+,11+,12-/m0/s1. The van der Waals surface area contributed by atoms with Gasteiger partial charge in [-0.2, -0.15) is 0 Å². The largest absolute Gasteiger partial charge is 0.384 e. The molecule has 0 radical (unpaired) electrons. The number of hydrogen-bond acceptors (Lipinski definition) is 3. The van der Waals surface area contributed by atoms with Crippen LogP contribution in [-0.2, 0) is 9.47 Å². The fraction of sp³-hybridized carbons (Fsp3) is 0.500. The maximum atomic E-state index is 10.3. The summed E-state index contributed by atoms with van der Waals surface area (Å²) in [5.74, 6) is 0. The van der Waals surface area contributed by atoms with Gasteiger partial charge in [0.25, 0.3) is 0 Å². The molecular formula is C12H14O3. The third kappa shape index (κ3) is 1.00. The Balaban J connectivity index is 2.14. The van der Waals surface area contributed by atoms with Gasteiger partial charge in [-0.3, -0.25) is 0 Å². The van der Waals surface area contributed by atoms with E-state index < -0.39 is 5.60 Å². The molecule has 4 atom stereocenters. The molecule has 1 fully saturated rings. The van der Waals surface area contributed by atoms with Crippen LogP contribution in [0.1, 0.15) is 30.3 Å². The van der Waals surface area contributed by atoms with Gasteiger partial charge < -0.3 is 14.6 Å². The van der Waals surface area contributed by atoms with Crippen LogP contribution in [0.25, 0.3) is 0 Å². The third-order valence-corrected chi connectivity index (χ3v) is 3.50. The summed E-state index contributed by atoms with van der Waals surface area (Å²) < 4.78 is 11.1. The zero-order valence-corrected chi connectivity index (χ0v) is 8.81. The van der Waals surface area contributed by atoms with Crippen molar-refractivity contribution in [1.29, 1.82) is 0 Å². The molecule has 2 bridgehead atoms. The molecule has 2 heterocycles. The molecule has 1 N–H and O–H groups in total. The van der Waals surface area contributed by atoms with Crippen molar-refractivity contribution in [2.45, 2.75) is 30.8 Å². The van der Waals surface area contributed by atoms with E-state index in [0.29, 0.717) is 0 Å². The highest BCUT2D eigenvalue weighted by molar-refractivity contribution is 5.41. The van der Waals surface area contributed by atoms with Gasteiger partial charge in [-0.1, -0.05) is 24.3 Å². The number of methoxy groups -OCH3 is 1. The summed E-state index contributed by atoms with van der Waals surface area (Å²) in [5.41, 5.74) is 1.33. The lowest BCUT2D eigenvalue weighted by Crippen LogP contribution is -2.44. The number of ether oxygens (including phenoxy) is 2. The van der Waals surface area contributed by atoms with Crippen LogP contribution in [0.5, 0.6) is 0 Å². The molecule has 80 valence electrons. The van der Waals surface area contributed by atoms with Crippen molar-refractivity contribution in [2.24, 2.45) is 0 Å². The summed E-state index contributed by atoms with van der Waals surface area (Å²) in [6.07, 6.45) is -0.632. The Morgan fingerprint density at radius 2 is 2.00 bits per heavy atom. The first-order chi connectivity index (χ1) is 7.16. The molecule has 0 aromatic heterocycles. The summed E-state index contributed by atoms with van der Waals surface area (Å²) in [7, 11) is 1.62. The van der Waals surface area contributed by atoms with Crippen molar-refractivity contribution >= 4 is 0 Å². The van der Waals surface area contributed by atoms with Gasteiger partial charge in [-0.15, -0.1) is 0 Å². The Morgan fingerprint density at radius 1 is 1.33 bits per heavy atom. The highest BCUT2D eigenvalue weighted by Gasteiger charge is 2.59. The lowest BCUT2D eigenvalue weighted by Gasteiger charge is -2.33. The van der Waals surface area contributed by atoms with Crippen LogP contribution >= 0.6 is 0 Å². The first-order valence-corrected chi connectivity index (χ1v) is 5.15. The van der Waals surface area contributed by atoms with Crippen LogP contribution in [0.3, 0.4) is 0 Å². The minimum Gasteiger partial charge on any atom is -0.384 e. The highest BCUT2D eigenvalue weighted by atomic mass is 16.6. The van der Waals surface area contributed by atoms with Crippen LogP contribution in [0, 0.1) is 0 Å². The number of hydrogen-bond donors (Lipinski definition) is 1. The molecule has 3 rings (SSSR count). The SMILES string of the molecule is CO[C@@H]1[C@H]2O[C@H](c3ccccc32)[C@]1(C)O. The first-order valence-electron chi connectivity index (χ1n) is 5.15. The fourth-order valence-electron chi connectivity index (χ4n) is 2.81. The molecule has 1 saturated heterocycles. The van der Waals surface area contributed by atoms with Crippen LogP contribution in [0.2, 0.25) is 0 Å². The molecule has 1 aromatic rings. The van der Waals surface area contributed by atoms with E-state index in [2.05, 4.69) is 0 Å². The predicted octanol–water partition coefficient (Wildman–Crippen LogP) is 1.58. The van der Waals surface area contributed by atoms with Gasteiger partial charge in [0, 0.05) is 7.11 Å². The molecule has 3 heteroatoms. The highest BCUT2D eigenvalue weighted by Crippen LogP contribution is 2.56. The summed E-state index contributed by atoms with van der Waals surface area (Å²) in [6.45, 7) is 1.78. The molecule has 0 amide bonds. The van der Waals surface area contributed by atoms with Crippen molar-refractivity contribution in [3.63, 3.8) is 0 Å². The lowest BCUT2D eigenvalue weighted by molar-refractivity contribution is -0.0819. The van der Waals surface area contributed by atoms with Gasteiger partial charge in [0.15, 0.2) is 0 Å². The van der Waals surface area contributed by atoms with Crippen molar-refractivity contribution in [2.75, 3.05) is 7.11 Å². The van der Waals surface area contributed by atoms with E-state index in [9.17, 15) is 5.11 Å². The van der Waals surface area contributed by atoms with E-state index >= 15 is 0 Å². The number of rotatable bonds is 1. The summed E-state index contributed by atoms with van der Waals surface area (Å²) >= 11 is 0. The molecule has 0 saturated carbocycles. The first kappa shape index (κ1) is 9.33. The van der Waals surface area contributed by atoms with Gasteiger partial charge in [0.05, 0.1) is 0 Å². The summed E-state index contributed by atoms with van der Waals surface area (Å²) in [6, 6.07) is 8.02. The average Bonchev–Trinajstić information content (AvgIpc) is 2.70. The summed E-state index contributed by atoms with van der Waals surface area (Å²) in [4.78, 5) is 0. The van der Waals surface area contributed by atoms with Gasteiger partial charge in [0.1, 0.15) is 23.9 Å². The van der Waals surface area contributed by atoms with E-state index in [1.807, 2.05) is 24.3 Å². The minimum absolute atomic E-state index is 0.119. The fourth-order valence-corrected chi connectivity index (χ4v) is 2.81. The van der Waals surface area contributed by atoms with E-state index in [0.717, 1.165) is 11.1 Å². The predicted molar refractivity (Wildman–Crippen MR) is 54.4 cm³/mol. The second-order valence-electron chi connectivity index (χ2n) is 4.45. The average molecular weight is 206 g/mol. The number of benzene rings is 1. The zero-order chi connectivity index (χ0) is 10.6. The van der Waals surface area contributed by atoms with E-state index in [4.69, 9.17) is 9.47 Å². The number of aliphatic hydroxyl groups is 1. The molecule has 2 aliphatic rings. The molecule has 3 nitrogen and oxygen atoms in total. The molecular weight excluding hydrogens is 192 g/mol. The van der Waals surface area contributed by atoms with Gasteiger partial charge in [-0.25, -0.2) is 0 Å². The monoisotopic (exact) mass is 206 g/mol. The molecule has 0 unspecified atom stereocenters. The molecule has 0 spiro atoms. The molecule has 15 heavy (non-hydrogen) atoms. The Labute approximate surface area is 88.6 Å². The van der Waals surface area contributed by atoms with Crippen LogP contribution in [0.4, 0.5) is 0 Å². The van der Waals surface area contributed by atoms with E-state index in [1.54, 1.807) is 14.0 Å². The number of fused-ring (bicyclic) bond motifs is 5. The second-order valence-corrected chi connectivity index (χ2v) is 4.45. The van der Waals surface area contributed by atoms with Crippen LogP contribution in [-0.4, -0.2) is 23.9 Å². The van der Waals surface area contributed by atoms with Crippen LogP contribution < -0.4 is 0 Å². The Bertz CT molecular complexity index is 400. The van der Waals surface area contributed by atoms with Gasteiger partial charge >= 0.3 is 0 Å². The Hall–Kier alpha value is -0.900. The minimum atomic E-state index is -0.923. The van der Waals surface area contributed by atoms with Crippen molar-refractivity contribution < 1.29 is 14.6 Å². The quantitative estimate of drug-likeness (QED) is 0.758. The van der Waals surface area contributed by atoms with E-state index in [-0.39, 0.29) is 18.3 Å². The van der Waals surface area contributed by atoms with Crippen molar-refractivity contribution in [1.82, 2.24) is 0 Å². The maximum absolute atomic E-state index is 10.3. The van der Waals surface area contributed by atoms with Crippen molar-refractivity contribution in [3.8, 4) is 0 Å². The normalized spacial score (nSPS) is 41.9. The van der Waals surface area contributed by atoms with E-state index in [1.165, 1.54) is 0 Å². The lowest BCUT2D eigenvalue weighted by atomic mass is 9.79. The van der Waals surface area contributed by atoms with Crippen molar-refractivity contribution in [3.05, 3.63) is 35.4 Å². The van der Waals surface area contributed by atoms with Gasteiger partial charge in [0.2, 0.25) is 0 Å². The second kappa shape index (κ2) is 2.82. The smallest absolute Gasteiger partial charge is 0.121 e. The maximum Gasteiger partial charge on any atom is 0.121 e. The zero-order valence-electron chi connectivity index (χ0n) is 8.81. The van der Waals surface area contributed by atoms with Gasteiger partial charge in [-0.05, 0) is 18.1 Å². The Morgan fingerprint density at radius 3 is 2.67 bits per heavy atom. The molecule has 0 aliphatic carbocycles. The summed E-state index contributed by atoms with van der Waals surface area (Å²) in [5, 5.41) is 10.3. The topological polar surface area (TPSA) is 38.7 Å². The molecule has 1 aromatic carbocycles. The van der Waals surface area contributed by atoms with Crippen LogP contribution in [0.15, 0.2) is 24.3 Å². The Kier molecular flexibility index (Phi) is 1.75.